The summed E-state index contributed by atoms with van der Waals surface area (Å²) in [5.41, 5.74) is 5.48. The molecular formula is C14H26N2O2. The van der Waals surface area contributed by atoms with Gasteiger partial charge >= 0.3 is 0 Å². The van der Waals surface area contributed by atoms with Crippen LogP contribution in [-0.4, -0.2) is 36.7 Å². The van der Waals surface area contributed by atoms with Crippen LogP contribution in [0.4, 0.5) is 0 Å². The van der Waals surface area contributed by atoms with Gasteiger partial charge in [-0.05, 0) is 12.8 Å². The predicted molar refractivity (Wildman–Crippen MR) is 72.0 cm³/mol. The lowest BCUT2D eigenvalue weighted by atomic mass is 9.74. The summed E-state index contributed by atoms with van der Waals surface area (Å²) < 4.78 is 0. The maximum absolute atomic E-state index is 12.3. The van der Waals surface area contributed by atoms with Gasteiger partial charge in [0, 0.05) is 37.9 Å². The average Bonchev–Trinajstić information content (AvgIpc) is 2.37. The van der Waals surface area contributed by atoms with Crippen molar-refractivity contribution in [1.29, 1.82) is 0 Å². The molecule has 0 aliphatic heterocycles. The van der Waals surface area contributed by atoms with E-state index in [1.165, 1.54) is 0 Å². The summed E-state index contributed by atoms with van der Waals surface area (Å²) >= 11 is 0. The molecule has 4 heteroatoms. The lowest BCUT2D eigenvalue weighted by Gasteiger charge is -2.33. The van der Waals surface area contributed by atoms with Crippen LogP contribution in [0.5, 0.6) is 0 Å². The molecule has 2 N–H and O–H groups in total. The summed E-state index contributed by atoms with van der Waals surface area (Å²) in [6.07, 6.45) is 3.82. The van der Waals surface area contributed by atoms with E-state index in [9.17, 15) is 9.59 Å². The van der Waals surface area contributed by atoms with E-state index in [2.05, 4.69) is 0 Å². The minimum atomic E-state index is -0.120. The number of likely N-dealkylation sites (N-methyl/N-ethyl adjacent to an activating group) is 1. The van der Waals surface area contributed by atoms with Crippen LogP contribution in [0.15, 0.2) is 0 Å². The van der Waals surface area contributed by atoms with Crippen molar-refractivity contribution in [2.24, 2.45) is 23.5 Å². The normalized spacial score (nSPS) is 24.1. The zero-order chi connectivity index (χ0) is 13.7. The third kappa shape index (κ3) is 3.55. The number of hydrogen-bond donors (Lipinski definition) is 1. The Morgan fingerprint density at radius 2 is 1.78 bits per heavy atom. The van der Waals surface area contributed by atoms with Crippen molar-refractivity contribution >= 4 is 11.7 Å². The quantitative estimate of drug-likeness (QED) is 0.807. The van der Waals surface area contributed by atoms with Crippen LogP contribution in [0.3, 0.4) is 0 Å². The number of amides is 1. The lowest BCUT2D eigenvalue weighted by Crippen LogP contribution is -2.43. The van der Waals surface area contributed by atoms with Crippen LogP contribution in [0, 0.1) is 17.8 Å². The first kappa shape index (κ1) is 15.2. The molecule has 0 heterocycles. The molecule has 0 radical (unpaired) electrons. The second-order valence-corrected chi connectivity index (χ2v) is 5.60. The van der Waals surface area contributed by atoms with Crippen molar-refractivity contribution in [3.8, 4) is 0 Å². The highest BCUT2D eigenvalue weighted by Gasteiger charge is 2.37. The highest BCUT2D eigenvalue weighted by molar-refractivity contribution is 5.89. The molecular weight excluding hydrogens is 228 g/mol. The lowest BCUT2D eigenvalue weighted by molar-refractivity contribution is -0.142. The van der Waals surface area contributed by atoms with Crippen LogP contribution in [-0.2, 0) is 9.59 Å². The summed E-state index contributed by atoms with van der Waals surface area (Å²) in [5, 5.41) is 0. The van der Waals surface area contributed by atoms with E-state index in [-0.39, 0.29) is 29.4 Å². The number of nitrogens with two attached hydrogens (primary N) is 1. The van der Waals surface area contributed by atoms with Gasteiger partial charge in [-0.2, -0.15) is 0 Å². The number of ketones is 1. The molecule has 1 amide bonds. The summed E-state index contributed by atoms with van der Waals surface area (Å²) in [5.74, 6) is 0.160. The zero-order valence-corrected chi connectivity index (χ0v) is 11.8. The third-order valence-electron chi connectivity index (χ3n) is 3.86. The molecule has 1 rings (SSSR count). The fourth-order valence-corrected chi connectivity index (χ4v) is 2.78. The van der Waals surface area contributed by atoms with E-state index >= 15 is 0 Å². The standard InChI is InChI=1S/C14H26N2O2/c1-10(2)13(17)11-6-4-5-7-12(11)14(18)16(3)9-8-15/h10-12H,4-9,15H2,1-3H3/t11-,12+/m0/s1. The van der Waals surface area contributed by atoms with E-state index < -0.39 is 0 Å². The van der Waals surface area contributed by atoms with Gasteiger partial charge in [0.05, 0.1) is 0 Å². The zero-order valence-electron chi connectivity index (χ0n) is 11.8. The largest absolute Gasteiger partial charge is 0.344 e. The molecule has 4 nitrogen and oxygen atoms in total. The molecule has 2 atom stereocenters. The van der Waals surface area contributed by atoms with Crippen molar-refractivity contribution < 1.29 is 9.59 Å². The fourth-order valence-electron chi connectivity index (χ4n) is 2.78. The summed E-state index contributed by atoms with van der Waals surface area (Å²) in [6, 6.07) is 0. The Labute approximate surface area is 110 Å². The van der Waals surface area contributed by atoms with Crippen molar-refractivity contribution in [3.63, 3.8) is 0 Å². The Morgan fingerprint density at radius 3 is 2.28 bits per heavy atom. The Balaban J connectivity index is 2.76. The SMILES string of the molecule is CC(C)C(=O)[C@H]1CCCC[C@H]1C(=O)N(C)CCN. The van der Waals surface area contributed by atoms with Crippen molar-refractivity contribution in [2.75, 3.05) is 20.1 Å². The smallest absolute Gasteiger partial charge is 0.226 e. The minimum absolute atomic E-state index is 0.0169. The molecule has 0 spiro atoms. The maximum Gasteiger partial charge on any atom is 0.226 e. The summed E-state index contributed by atoms with van der Waals surface area (Å²) in [7, 11) is 1.78. The first-order valence-corrected chi connectivity index (χ1v) is 6.97. The first-order chi connectivity index (χ1) is 8.49. The van der Waals surface area contributed by atoms with Gasteiger partial charge < -0.3 is 10.6 Å². The third-order valence-corrected chi connectivity index (χ3v) is 3.86. The molecule has 1 aliphatic rings. The Bertz CT molecular complexity index is 302. The van der Waals surface area contributed by atoms with Crippen LogP contribution in [0.25, 0.3) is 0 Å². The van der Waals surface area contributed by atoms with Gasteiger partial charge in [0.2, 0.25) is 5.91 Å². The number of Topliss-reactive ketones (excluding diaryl/α,β-unsaturated/α-hetero) is 1. The van der Waals surface area contributed by atoms with Crippen molar-refractivity contribution in [2.45, 2.75) is 39.5 Å². The first-order valence-electron chi connectivity index (χ1n) is 6.97. The van der Waals surface area contributed by atoms with Gasteiger partial charge in [0.15, 0.2) is 0 Å². The molecule has 104 valence electrons. The number of rotatable bonds is 5. The number of nitrogens with zero attached hydrogens (tertiary/aromatic N) is 1. The topological polar surface area (TPSA) is 63.4 Å². The van der Waals surface area contributed by atoms with E-state index in [1.54, 1.807) is 11.9 Å². The highest BCUT2D eigenvalue weighted by Crippen LogP contribution is 2.33. The predicted octanol–water partition coefficient (Wildman–Crippen LogP) is 1.44. The van der Waals surface area contributed by atoms with Crippen molar-refractivity contribution in [1.82, 2.24) is 4.90 Å². The number of carbonyl (C=O) groups is 2. The molecule has 1 saturated carbocycles. The van der Waals surface area contributed by atoms with Crippen LogP contribution < -0.4 is 5.73 Å². The molecule has 0 aromatic carbocycles. The number of carbonyl (C=O) groups excluding carboxylic acids is 2. The van der Waals surface area contributed by atoms with E-state index in [1.807, 2.05) is 13.8 Å². The van der Waals surface area contributed by atoms with Gasteiger partial charge in [0.1, 0.15) is 5.78 Å². The monoisotopic (exact) mass is 254 g/mol. The second-order valence-electron chi connectivity index (χ2n) is 5.60. The van der Waals surface area contributed by atoms with E-state index in [4.69, 9.17) is 5.73 Å². The van der Waals surface area contributed by atoms with Gasteiger partial charge in [0.25, 0.3) is 0 Å². The fraction of sp³-hybridized carbons (Fsp3) is 0.857. The van der Waals surface area contributed by atoms with Crippen molar-refractivity contribution in [3.05, 3.63) is 0 Å². The van der Waals surface area contributed by atoms with Gasteiger partial charge in [-0.1, -0.05) is 26.7 Å². The van der Waals surface area contributed by atoms with E-state index in [0.29, 0.717) is 13.1 Å². The summed E-state index contributed by atoms with van der Waals surface area (Å²) in [6.45, 7) is 4.87. The van der Waals surface area contributed by atoms with Crippen LogP contribution >= 0.6 is 0 Å². The molecule has 18 heavy (non-hydrogen) atoms. The number of hydrogen-bond acceptors (Lipinski definition) is 3. The molecule has 0 unspecified atom stereocenters. The molecule has 0 aromatic heterocycles. The Hall–Kier alpha value is -0.900. The van der Waals surface area contributed by atoms with Crippen LogP contribution in [0.1, 0.15) is 39.5 Å². The molecule has 1 fully saturated rings. The van der Waals surface area contributed by atoms with Gasteiger partial charge in [-0.15, -0.1) is 0 Å². The highest BCUT2D eigenvalue weighted by atomic mass is 16.2. The molecule has 0 saturated heterocycles. The van der Waals surface area contributed by atoms with E-state index in [0.717, 1.165) is 25.7 Å². The molecule has 1 aliphatic carbocycles. The minimum Gasteiger partial charge on any atom is -0.344 e. The van der Waals surface area contributed by atoms with Gasteiger partial charge in [-0.25, -0.2) is 0 Å². The Kier molecular flexibility index (Phi) is 5.79. The molecule has 0 bridgehead atoms. The molecule has 0 aromatic rings. The Morgan fingerprint density at radius 1 is 1.22 bits per heavy atom. The average molecular weight is 254 g/mol. The summed E-state index contributed by atoms with van der Waals surface area (Å²) in [4.78, 5) is 26.2. The maximum atomic E-state index is 12.3. The van der Waals surface area contributed by atoms with Crippen LogP contribution in [0.2, 0.25) is 0 Å². The van der Waals surface area contributed by atoms with Gasteiger partial charge in [-0.3, -0.25) is 9.59 Å². The second kappa shape index (κ2) is 6.88.